The van der Waals surface area contributed by atoms with Crippen LogP contribution in [0.2, 0.25) is 0 Å². The molecule has 0 bridgehead atoms. The fourth-order valence-electron chi connectivity index (χ4n) is 3.98. The number of fused-ring (bicyclic) bond motifs is 1. The monoisotopic (exact) mass is 413 g/mol. The van der Waals surface area contributed by atoms with E-state index in [2.05, 4.69) is 29.0 Å². The van der Waals surface area contributed by atoms with Gasteiger partial charge in [-0.2, -0.15) is 0 Å². The van der Waals surface area contributed by atoms with E-state index in [1.54, 1.807) is 11.3 Å². The van der Waals surface area contributed by atoms with E-state index in [4.69, 9.17) is 0 Å². The van der Waals surface area contributed by atoms with Crippen molar-refractivity contribution in [1.29, 1.82) is 0 Å². The molecule has 1 aromatic heterocycles. The highest BCUT2D eigenvalue weighted by Gasteiger charge is 2.28. The van der Waals surface area contributed by atoms with Crippen LogP contribution in [0.1, 0.15) is 55.9 Å². The molecule has 0 saturated carbocycles. The van der Waals surface area contributed by atoms with Gasteiger partial charge in [0.2, 0.25) is 11.8 Å². The van der Waals surface area contributed by atoms with Crippen molar-refractivity contribution >= 4 is 35.6 Å². The summed E-state index contributed by atoms with van der Waals surface area (Å²) in [7, 11) is 0. The molecule has 1 saturated heterocycles. The highest BCUT2D eigenvalue weighted by molar-refractivity contribution is 7.10. The number of hydrogen-bond acceptors (Lipinski definition) is 4. The molecule has 2 N–H and O–H groups in total. The molecule has 0 radical (unpaired) electrons. The molecule has 1 aromatic rings. The number of hydrogen-bond donors (Lipinski definition) is 2. The van der Waals surface area contributed by atoms with Crippen molar-refractivity contribution < 1.29 is 9.59 Å². The molecule has 2 aliphatic heterocycles. The molecule has 3 rings (SSSR count). The minimum absolute atomic E-state index is 0. The Balaban J connectivity index is 0.00000261. The van der Waals surface area contributed by atoms with Gasteiger partial charge >= 0.3 is 0 Å². The lowest BCUT2D eigenvalue weighted by Gasteiger charge is -2.31. The molecular weight excluding hydrogens is 382 g/mol. The van der Waals surface area contributed by atoms with Gasteiger partial charge < -0.3 is 15.5 Å². The quantitative estimate of drug-likeness (QED) is 0.721. The second-order valence-corrected chi connectivity index (χ2v) is 8.52. The summed E-state index contributed by atoms with van der Waals surface area (Å²) < 4.78 is 0. The first-order valence-electron chi connectivity index (χ1n) is 10.0. The molecule has 0 aromatic carbocycles. The maximum atomic E-state index is 13.0. The predicted molar refractivity (Wildman–Crippen MR) is 112 cm³/mol. The first-order valence-corrected chi connectivity index (χ1v) is 10.9. The molecule has 0 spiro atoms. The molecular formula is C20H32ClN3O2S. The number of nitrogens with one attached hydrogen (secondary N) is 2. The second kappa shape index (κ2) is 11.0. The highest BCUT2D eigenvalue weighted by atomic mass is 35.5. The average molecular weight is 414 g/mol. The van der Waals surface area contributed by atoms with E-state index in [9.17, 15) is 9.59 Å². The largest absolute Gasteiger partial charge is 0.344 e. The third-order valence-corrected chi connectivity index (χ3v) is 6.59. The fourth-order valence-corrected chi connectivity index (χ4v) is 4.86. The fraction of sp³-hybridized carbons (Fsp3) is 0.700. The Bertz CT molecular complexity index is 616. The average Bonchev–Trinajstić information content (AvgIpc) is 3.14. The zero-order valence-corrected chi connectivity index (χ0v) is 17.8. The van der Waals surface area contributed by atoms with Gasteiger partial charge in [0, 0.05) is 24.4 Å². The lowest BCUT2D eigenvalue weighted by molar-refractivity contribution is -0.137. The van der Waals surface area contributed by atoms with Crippen LogP contribution < -0.4 is 10.6 Å². The molecule has 7 heteroatoms. The summed E-state index contributed by atoms with van der Waals surface area (Å²) in [5.74, 6) is 0.754. The van der Waals surface area contributed by atoms with Crippen LogP contribution in [0, 0.1) is 5.92 Å². The number of thiophene rings is 1. The SMILES string of the molecule is CCCC(NC(=O)CCC1CCNCC1)C(=O)N1CCc2sccc2C1.Cl. The summed E-state index contributed by atoms with van der Waals surface area (Å²) in [4.78, 5) is 28.7. The topological polar surface area (TPSA) is 61.4 Å². The van der Waals surface area contributed by atoms with Gasteiger partial charge in [-0.05, 0) is 68.1 Å². The lowest BCUT2D eigenvalue weighted by atomic mass is 9.93. The van der Waals surface area contributed by atoms with Gasteiger partial charge in [0.15, 0.2) is 0 Å². The Kier molecular flexibility index (Phi) is 9.06. The van der Waals surface area contributed by atoms with E-state index < -0.39 is 0 Å². The van der Waals surface area contributed by atoms with Crippen molar-refractivity contribution in [1.82, 2.24) is 15.5 Å². The minimum Gasteiger partial charge on any atom is -0.344 e. The Morgan fingerprint density at radius 2 is 2.15 bits per heavy atom. The van der Waals surface area contributed by atoms with Crippen LogP contribution in [-0.4, -0.2) is 42.4 Å². The normalized spacial score (nSPS) is 18.3. The van der Waals surface area contributed by atoms with Crippen molar-refractivity contribution in [2.75, 3.05) is 19.6 Å². The zero-order valence-electron chi connectivity index (χ0n) is 16.2. The molecule has 3 heterocycles. The smallest absolute Gasteiger partial charge is 0.245 e. The summed E-state index contributed by atoms with van der Waals surface area (Å²) in [6.07, 6.45) is 6.31. The third kappa shape index (κ3) is 6.19. The number of halogens is 1. The van der Waals surface area contributed by atoms with Crippen LogP contribution in [0.15, 0.2) is 11.4 Å². The van der Waals surface area contributed by atoms with Gasteiger partial charge in [0.1, 0.15) is 6.04 Å². The summed E-state index contributed by atoms with van der Waals surface area (Å²) in [6.45, 7) is 5.63. The summed E-state index contributed by atoms with van der Waals surface area (Å²) in [6, 6.07) is 1.74. The number of carbonyl (C=O) groups excluding carboxylic acids is 2. The first-order chi connectivity index (χ1) is 12.7. The molecule has 2 aliphatic rings. The van der Waals surface area contributed by atoms with Crippen LogP contribution in [0.25, 0.3) is 0 Å². The number of rotatable bonds is 7. The lowest BCUT2D eigenvalue weighted by Crippen LogP contribution is -2.49. The molecule has 27 heavy (non-hydrogen) atoms. The summed E-state index contributed by atoms with van der Waals surface area (Å²) in [5, 5.41) is 8.49. The molecule has 5 nitrogen and oxygen atoms in total. The Morgan fingerprint density at radius 1 is 1.37 bits per heavy atom. The van der Waals surface area contributed by atoms with E-state index in [1.165, 1.54) is 10.4 Å². The van der Waals surface area contributed by atoms with E-state index in [0.717, 1.165) is 51.7 Å². The summed E-state index contributed by atoms with van der Waals surface area (Å²) in [5.41, 5.74) is 1.27. The molecule has 1 atom stereocenters. The minimum atomic E-state index is -0.374. The Labute approximate surface area is 172 Å². The van der Waals surface area contributed by atoms with Gasteiger partial charge in [-0.3, -0.25) is 9.59 Å². The number of nitrogens with zero attached hydrogens (tertiary/aromatic N) is 1. The van der Waals surface area contributed by atoms with E-state index in [-0.39, 0.29) is 30.3 Å². The van der Waals surface area contributed by atoms with E-state index in [0.29, 0.717) is 25.3 Å². The molecule has 1 unspecified atom stereocenters. The van der Waals surface area contributed by atoms with Gasteiger partial charge in [-0.1, -0.05) is 13.3 Å². The highest BCUT2D eigenvalue weighted by Crippen LogP contribution is 2.24. The summed E-state index contributed by atoms with van der Waals surface area (Å²) >= 11 is 1.78. The van der Waals surface area contributed by atoms with Crippen LogP contribution in [0.4, 0.5) is 0 Å². The predicted octanol–water partition coefficient (Wildman–Crippen LogP) is 3.12. The molecule has 0 aliphatic carbocycles. The van der Waals surface area contributed by atoms with Gasteiger partial charge in [0.05, 0.1) is 0 Å². The zero-order chi connectivity index (χ0) is 18.4. The van der Waals surface area contributed by atoms with Crippen molar-refractivity contribution in [3.8, 4) is 0 Å². The maximum Gasteiger partial charge on any atom is 0.245 e. The number of carbonyl (C=O) groups is 2. The van der Waals surface area contributed by atoms with E-state index in [1.807, 2.05) is 4.90 Å². The Morgan fingerprint density at radius 3 is 2.89 bits per heavy atom. The van der Waals surface area contributed by atoms with Gasteiger partial charge in [-0.15, -0.1) is 23.7 Å². The first kappa shape index (κ1) is 22.2. The number of piperidine rings is 1. The van der Waals surface area contributed by atoms with Crippen molar-refractivity contribution in [3.63, 3.8) is 0 Å². The maximum absolute atomic E-state index is 13.0. The third-order valence-electron chi connectivity index (χ3n) is 5.57. The Hall–Kier alpha value is -1.11. The van der Waals surface area contributed by atoms with Crippen molar-refractivity contribution in [3.05, 3.63) is 21.9 Å². The van der Waals surface area contributed by atoms with Crippen molar-refractivity contribution in [2.24, 2.45) is 5.92 Å². The standard InChI is InChI=1S/C20H31N3O2S.ClH/c1-2-3-17(22-19(24)5-4-15-6-10-21-11-7-15)20(25)23-12-8-18-16(14-23)9-13-26-18;/h9,13,15,17,21H,2-8,10-12,14H2,1H3,(H,22,24);1H. The van der Waals surface area contributed by atoms with Crippen LogP contribution in [0.3, 0.4) is 0 Å². The molecule has 152 valence electrons. The van der Waals surface area contributed by atoms with Gasteiger partial charge in [-0.25, -0.2) is 0 Å². The van der Waals surface area contributed by atoms with Gasteiger partial charge in [0.25, 0.3) is 0 Å². The second-order valence-electron chi connectivity index (χ2n) is 7.52. The number of amides is 2. The van der Waals surface area contributed by atoms with E-state index >= 15 is 0 Å². The molecule has 1 fully saturated rings. The van der Waals surface area contributed by atoms with Crippen LogP contribution in [0.5, 0.6) is 0 Å². The molecule has 2 amide bonds. The van der Waals surface area contributed by atoms with Crippen LogP contribution in [-0.2, 0) is 22.6 Å². The van der Waals surface area contributed by atoms with Crippen LogP contribution >= 0.6 is 23.7 Å². The van der Waals surface area contributed by atoms with Crippen molar-refractivity contribution in [2.45, 2.75) is 64.5 Å².